The second-order valence-electron chi connectivity index (χ2n) is 6.32. The first-order valence-corrected chi connectivity index (χ1v) is 10.1. The van der Waals surface area contributed by atoms with Crippen molar-refractivity contribution in [3.63, 3.8) is 0 Å². The molecule has 0 saturated carbocycles. The van der Waals surface area contributed by atoms with Gasteiger partial charge in [0, 0.05) is 38.3 Å². The minimum Gasteiger partial charge on any atom is -0.497 e. The molecule has 0 aromatic heterocycles. The SMILES string of the molecule is COc1ccc(OC)c(CN2CCN(S(=O)(=O)c3cccc(F)c3)CC2)c1. The maximum atomic E-state index is 13.4. The number of sulfonamides is 1. The van der Waals surface area contributed by atoms with E-state index in [9.17, 15) is 12.8 Å². The topological polar surface area (TPSA) is 59.1 Å². The van der Waals surface area contributed by atoms with Gasteiger partial charge < -0.3 is 9.47 Å². The van der Waals surface area contributed by atoms with E-state index in [2.05, 4.69) is 4.90 Å². The standard InChI is InChI=1S/C19H23FN2O4S/c1-25-17-6-7-19(26-2)15(12-17)14-21-8-10-22(11-9-21)27(23,24)18-5-3-4-16(20)13-18/h3-7,12-13H,8-11,14H2,1-2H3. The van der Waals surface area contributed by atoms with Crippen molar-refractivity contribution in [2.24, 2.45) is 0 Å². The predicted octanol–water partition coefficient (Wildman–Crippen LogP) is 2.35. The molecule has 2 aromatic carbocycles. The molecule has 0 N–H and O–H groups in total. The summed E-state index contributed by atoms with van der Waals surface area (Å²) < 4.78 is 50.9. The smallest absolute Gasteiger partial charge is 0.243 e. The van der Waals surface area contributed by atoms with Crippen LogP contribution in [0, 0.1) is 5.82 Å². The van der Waals surface area contributed by atoms with Crippen molar-refractivity contribution in [2.75, 3.05) is 40.4 Å². The number of halogens is 1. The average molecular weight is 394 g/mol. The summed E-state index contributed by atoms with van der Waals surface area (Å²) >= 11 is 0. The lowest BCUT2D eigenvalue weighted by Crippen LogP contribution is -2.48. The molecular weight excluding hydrogens is 371 g/mol. The van der Waals surface area contributed by atoms with E-state index in [0.29, 0.717) is 32.7 Å². The van der Waals surface area contributed by atoms with Crippen molar-refractivity contribution in [1.29, 1.82) is 0 Å². The van der Waals surface area contributed by atoms with E-state index < -0.39 is 15.8 Å². The number of rotatable bonds is 6. The first kappa shape index (κ1) is 19.6. The summed E-state index contributed by atoms with van der Waals surface area (Å²) in [5.41, 5.74) is 0.985. The fourth-order valence-corrected chi connectivity index (χ4v) is 4.61. The van der Waals surface area contributed by atoms with Crippen LogP contribution in [0.1, 0.15) is 5.56 Å². The largest absolute Gasteiger partial charge is 0.497 e. The molecule has 0 radical (unpaired) electrons. The monoisotopic (exact) mass is 394 g/mol. The van der Waals surface area contributed by atoms with Crippen LogP contribution in [-0.2, 0) is 16.6 Å². The summed E-state index contributed by atoms with van der Waals surface area (Å²) in [6.07, 6.45) is 0. The van der Waals surface area contributed by atoms with Gasteiger partial charge in [-0.1, -0.05) is 6.07 Å². The molecule has 0 bridgehead atoms. The summed E-state index contributed by atoms with van der Waals surface area (Å²) in [5.74, 6) is 0.962. The number of ether oxygens (including phenoxy) is 2. The van der Waals surface area contributed by atoms with Crippen molar-refractivity contribution in [1.82, 2.24) is 9.21 Å². The van der Waals surface area contributed by atoms with Gasteiger partial charge in [-0.25, -0.2) is 12.8 Å². The first-order chi connectivity index (χ1) is 12.9. The van der Waals surface area contributed by atoms with Crippen LogP contribution in [0.3, 0.4) is 0 Å². The molecule has 0 amide bonds. The Labute approximate surface area is 159 Å². The Hall–Kier alpha value is -2.16. The molecule has 1 saturated heterocycles. The quantitative estimate of drug-likeness (QED) is 0.753. The van der Waals surface area contributed by atoms with Gasteiger partial charge in [-0.3, -0.25) is 4.90 Å². The number of piperazine rings is 1. The van der Waals surface area contributed by atoms with Crippen LogP contribution >= 0.6 is 0 Å². The summed E-state index contributed by atoms with van der Waals surface area (Å²) in [5, 5.41) is 0. The van der Waals surface area contributed by atoms with E-state index >= 15 is 0 Å². The highest BCUT2D eigenvalue weighted by Crippen LogP contribution is 2.26. The highest BCUT2D eigenvalue weighted by Gasteiger charge is 2.29. The highest BCUT2D eigenvalue weighted by atomic mass is 32.2. The van der Waals surface area contributed by atoms with Gasteiger partial charge in [-0.15, -0.1) is 0 Å². The van der Waals surface area contributed by atoms with E-state index in [1.165, 1.54) is 22.5 Å². The van der Waals surface area contributed by atoms with E-state index in [-0.39, 0.29) is 4.90 Å². The molecule has 1 fully saturated rings. The molecular formula is C19H23FN2O4S. The fourth-order valence-electron chi connectivity index (χ4n) is 3.15. The summed E-state index contributed by atoms with van der Waals surface area (Å²) in [7, 11) is -0.450. The van der Waals surface area contributed by atoms with Gasteiger partial charge in [-0.2, -0.15) is 4.31 Å². The van der Waals surface area contributed by atoms with Crippen molar-refractivity contribution in [2.45, 2.75) is 11.4 Å². The van der Waals surface area contributed by atoms with Crippen LogP contribution in [0.4, 0.5) is 4.39 Å². The molecule has 0 spiro atoms. The van der Waals surface area contributed by atoms with Crippen molar-refractivity contribution < 1.29 is 22.3 Å². The van der Waals surface area contributed by atoms with Crippen LogP contribution in [0.15, 0.2) is 47.4 Å². The number of benzene rings is 2. The third-order valence-corrected chi connectivity index (χ3v) is 6.54. The summed E-state index contributed by atoms with van der Waals surface area (Å²) in [6, 6.07) is 10.8. The van der Waals surface area contributed by atoms with Gasteiger partial charge in [0.25, 0.3) is 0 Å². The van der Waals surface area contributed by atoms with Gasteiger partial charge in [0.2, 0.25) is 10.0 Å². The Morgan fingerprint density at radius 3 is 2.37 bits per heavy atom. The van der Waals surface area contributed by atoms with E-state index in [0.717, 1.165) is 23.1 Å². The zero-order chi connectivity index (χ0) is 19.4. The van der Waals surface area contributed by atoms with Crippen LogP contribution in [0.25, 0.3) is 0 Å². The molecule has 0 aliphatic carbocycles. The van der Waals surface area contributed by atoms with Gasteiger partial charge in [0.1, 0.15) is 17.3 Å². The van der Waals surface area contributed by atoms with Gasteiger partial charge in [-0.05, 0) is 36.4 Å². The van der Waals surface area contributed by atoms with Crippen LogP contribution in [0.2, 0.25) is 0 Å². The molecule has 3 rings (SSSR count). The van der Waals surface area contributed by atoms with E-state index in [1.807, 2.05) is 18.2 Å². The summed E-state index contributed by atoms with van der Waals surface area (Å²) in [6.45, 7) is 2.49. The van der Waals surface area contributed by atoms with Crippen LogP contribution < -0.4 is 9.47 Å². The molecule has 6 nitrogen and oxygen atoms in total. The Morgan fingerprint density at radius 1 is 1.00 bits per heavy atom. The predicted molar refractivity (Wildman–Crippen MR) is 100.0 cm³/mol. The lowest BCUT2D eigenvalue weighted by atomic mass is 10.1. The second kappa shape index (κ2) is 8.24. The Kier molecular flexibility index (Phi) is 5.98. The van der Waals surface area contributed by atoms with Gasteiger partial charge >= 0.3 is 0 Å². The molecule has 1 aliphatic heterocycles. The zero-order valence-electron chi connectivity index (χ0n) is 15.4. The van der Waals surface area contributed by atoms with Crippen LogP contribution in [0.5, 0.6) is 11.5 Å². The maximum absolute atomic E-state index is 13.4. The molecule has 0 atom stereocenters. The van der Waals surface area contributed by atoms with Crippen molar-refractivity contribution in [3.05, 3.63) is 53.8 Å². The minimum atomic E-state index is -3.68. The average Bonchev–Trinajstić information content (AvgIpc) is 2.68. The Bertz CT molecular complexity index is 896. The second-order valence-corrected chi connectivity index (χ2v) is 8.25. The lowest BCUT2D eigenvalue weighted by molar-refractivity contribution is 0.180. The molecule has 1 heterocycles. The Morgan fingerprint density at radius 2 is 1.74 bits per heavy atom. The highest BCUT2D eigenvalue weighted by molar-refractivity contribution is 7.89. The molecule has 0 unspecified atom stereocenters. The Balaban J connectivity index is 1.67. The summed E-state index contributed by atoms with van der Waals surface area (Å²) in [4.78, 5) is 2.15. The molecule has 2 aromatic rings. The zero-order valence-corrected chi connectivity index (χ0v) is 16.2. The number of hydrogen-bond donors (Lipinski definition) is 0. The van der Waals surface area contributed by atoms with Crippen LogP contribution in [-0.4, -0.2) is 58.0 Å². The van der Waals surface area contributed by atoms with Crippen molar-refractivity contribution in [3.8, 4) is 11.5 Å². The molecule has 146 valence electrons. The number of methoxy groups -OCH3 is 2. The molecule has 27 heavy (non-hydrogen) atoms. The molecule has 8 heteroatoms. The van der Waals surface area contributed by atoms with Gasteiger partial charge in [0.15, 0.2) is 0 Å². The van der Waals surface area contributed by atoms with Crippen molar-refractivity contribution >= 4 is 10.0 Å². The van der Waals surface area contributed by atoms with Gasteiger partial charge in [0.05, 0.1) is 19.1 Å². The first-order valence-electron chi connectivity index (χ1n) is 8.63. The normalized spacial score (nSPS) is 16.3. The number of nitrogens with zero attached hydrogens (tertiary/aromatic N) is 2. The maximum Gasteiger partial charge on any atom is 0.243 e. The molecule has 1 aliphatic rings. The number of hydrogen-bond acceptors (Lipinski definition) is 5. The van der Waals surface area contributed by atoms with E-state index in [1.54, 1.807) is 14.2 Å². The lowest BCUT2D eigenvalue weighted by Gasteiger charge is -2.34. The third kappa shape index (κ3) is 4.40. The van der Waals surface area contributed by atoms with E-state index in [4.69, 9.17) is 9.47 Å². The minimum absolute atomic E-state index is 0.00888. The third-order valence-electron chi connectivity index (χ3n) is 4.65. The fraction of sp³-hybridized carbons (Fsp3) is 0.368.